The first-order chi connectivity index (χ1) is 7.72. The molecule has 4 nitrogen and oxygen atoms in total. The SMILES string of the molecule is CCOCC(C)NC(=O)CNC1CCCC1. The second-order valence-corrected chi connectivity index (χ2v) is 4.49. The molecule has 0 aromatic carbocycles. The molecule has 2 N–H and O–H groups in total. The zero-order valence-corrected chi connectivity index (χ0v) is 10.4. The summed E-state index contributed by atoms with van der Waals surface area (Å²) < 4.78 is 5.24. The number of carbonyl (C=O) groups excluding carboxylic acids is 1. The quantitative estimate of drug-likeness (QED) is 0.685. The Morgan fingerprint density at radius 2 is 2.12 bits per heavy atom. The molecule has 0 heterocycles. The van der Waals surface area contributed by atoms with Gasteiger partial charge in [0, 0.05) is 18.7 Å². The fourth-order valence-corrected chi connectivity index (χ4v) is 2.03. The van der Waals surface area contributed by atoms with Gasteiger partial charge in [0.15, 0.2) is 0 Å². The largest absolute Gasteiger partial charge is 0.380 e. The predicted molar refractivity (Wildman–Crippen MR) is 64.4 cm³/mol. The van der Waals surface area contributed by atoms with E-state index in [0.717, 1.165) is 0 Å². The Hall–Kier alpha value is -0.610. The molecule has 1 aliphatic carbocycles. The van der Waals surface area contributed by atoms with Gasteiger partial charge in [-0.15, -0.1) is 0 Å². The lowest BCUT2D eigenvalue weighted by Gasteiger charge is -2.15. The van der Waals surface area contributed by atoms with E-state index < -0.39 is 0 Å². The lowest BCUT2D eigenvalue weighted by Crippen LogP contribution is -2.43. The van der Waals surface area contributed by atoms with Gasteiger partial charge in [0.2, 0.25) is 5.91 Å². The average Bonchev–Trinajstić information content (AvgIpc) is 2.76. The smallest absolute Gasteiger partial charge is 0.234 e. The summed E-state index contributed by atoms with van der Waals surface area (Å²) in [5.41, 5.74) is 0. The summed E-state index contributed by atoms with van der Waals surface area (Å²) in [5, 5.41) is 6.20. The number of hydrogen-bond donors (Lipinski definition) is 2. The molecule has 1 unspecified atom stereocenters. The van der Waals surface area contributed by atoms with E-state index in [0.29, 0.717) is 25.8 Å². The summed E-state index contributed by atoms with van der Waals surface area (Å²) >= 11 is 0. The van der Waals surface area contributed by atoms with Gasteiger partial charge in [-0.05, 0) is 26.7 Å². The Labute approximate surface area is 98.1 Å². The van der Waals surface area contributed by atoms with Crippen LogP contribution in [0.1, 0.15) is 39.5 Å². The van der Waals surface area contributed by atoms with Crippen LogP contribution >= 0.6 is 0 Å². The van der Waals surface area contributed by atoms with E-state index in [1.54, 1.807) is 0 Å². The Balaban J connectivity index is 2.05. The minimum absolute atomic E-state index is 0.0686. The van der Waals surface area contributed by atoms with E-state index in [2.05, 4.69) is 10.6 Å². The molecule has 1 rings (SSSR count). The first-order valence-electron chi connectivity index (χ1n) is 6.33. The lowest BCUT2D eigenvalue weighted by atomic mass is 10.2. The van der Waals surface area contributed by atoms with E-state index in [4.69, 9.17) is 4.74 Å². The summed E-state index contributed by atoms with van der Waals surface area (Å²) in [7, 11) is 0. The van der Waals surface area contributed by atoms with Crippen LogP contribution in [0.25, 0.3) is 0 Å². The summed E-state index contributed by atoms with van der Waals surface area (Å²) in [6.45, 7) is 5.63. The highest BCUT2D eigenvalue weighted by molar-refractivity contribution is 5.78. The van der Waals surface area contributed by atoms with Crippen molar-refractivity contribution in [2.24, 2.45) is 0 Å². The number of rotatable bonds is 7. The molecule has 94 valence electrons. The molecule has 0 radical (unpaired) electrons. The summed E-state index contributed by atoms with van der Waals surface area (Å²) in [4.78, 5) is 11.5. The topological polar surface area (TPSA) is 50.4 Å². The van der Waals surface area contributed by atoms with Crippen molar-refractivity contribution in [3.05, 3.63) is 0 Å². The second kappa shape index (κ2) is 7.63. The number of nitrogens with one attached hydrogen (secondary N) is 2. The molecule has 16 heavy (non-hydrogen) atoms. The van der Waals surface area contributed by atoms with Crippen LogP contribution in [-0.4, -0.2) is 37.7 Å². The maximum absolute atomic E-state index is 11.5. The highest BCUT2D eigenvalue weighted by Gasteiger charge is 2.15. The Bertz CT molecular complexity index is 203. The first kappa shape index (κ1) is 13.5. The van der Waals surface area contributed by atoms with Crippen molar-refractivity contribution >= 4 is 5.91 Å². The highest BCUT2D eigenvalue weighted by Crippen LogP contribution is 2.17. The summed E-state index contributed by atoms with van der Waals surface area (Å²) in [5.74, 6) is 0.0686. The number of ether oxygens (including phenoxy) is 1. The second-order valence-electron chi connectivity index (χ2n) is 4.49. The fourth-order valence-electron chi connectivity index (χ4n) is 2.03. The maximum atomic E-state index is 11.5. The van der Waals surface area contributed by atoms with E-state index >= 15 is 0 Å². The van der Waals surface area contributed by atoms with Crippen molar-refractivity contribution in [1.29, 1.82) is 0 Å². The molecule has 1 aliphatic rings. The molecule has 0 bridgehead atoms. The minimum Gasteiger partial charge on any atom is -0.380 e. The molecular formula is C12H24N2O2. The molecule has 1 saturated carbocycles. The van der Waals surface area contributed by atoms with Crippen molar-refractivity contribution < 1.29 is 9.53 Å². The molecule has 1 fully saturated rings. The van der Waals surface area contributed by atoms with Gasteiger partial charge >= 0.3 is 0 Å². The van der Waals surface area contributed by atoms with Crippen LogP contribution < -0.4 is 10.6 Å². The van der Waals surface area contributed by atoms with Crippen molar-refractivity contribution in [1.82, 2.24) is 10.6 Å². The van der Waals surface area contributed by atoms with Crippen LogP contribution in [0.15, 0.2) is 0 Å². The Morgan fingerprint density at radius 3 is 2.75 bits per heavy atom. The molecule has 1 atom stereocenters. The normalized spacial score (nSPS) is 18.6. The van der Waals surface area contributed by atoms with Gasteiger partial charge in [0.25, 0.3) is 0 Å². The molecule has 1 amide bonds. The van der Waals surface area contributed by atoms with Crippen molar-refractivity contribution in [2.75, 3.05) is 19.8 Å². The summed E-state index contributed by atoms with van der Waals surface area (Å²) in [6.07, 6.45) is 5.00. The van der Waals surface area contributed by atoms with Crippen LogP contribution in [0.2, 0.25) is 0 Å². The Morgan fingerprint density at radius 1 is 1.44 bits per heavy atom. The van der Waals surface area contributed by atoms with Crippen LogP contribution in [0.5, 0.6) is 0 Å². The summed E-state index contributed by atoms with van der Waals surface area (Å²) in [6, 6.07) is 0.644. The monoisotopic (exact) mass is 228 g/mol. The third-order valence-electron chi connectivity index (χ3n) is 2.89. The van der Waals surface area contributed by atoms with E-state index in [1.165, 1.54) is 25.7 Å². The van der Waals surface area contributed by atoms with Gasteiger partial charge < -0.3 is 15.4 Å². The molecule has 0 aliphatic heterocycles. The standard InChI is InChI=1S/C12H24N2O2/c1-3-16-9-10(2)14-12(15)8-13-11-6-4-5-7-11/h10-11,13H,3-9H2,1-2H3,(H,14,15). The zero-order valence-electron chi connectivity index (χ0n) is 10.4. The van der Waals surface area contributed by atoms with Crippen molar-refractivity contribution in [3.63, 3.8) is 0 Å². The number of amides is 1. The highest BCUT2D eigenvalue weighted by atomic mass is 16.5. The third-order valence-corrected chi connectivity index (χ3v) is 2.89. The zero-order chi connectivity index (χ0) is 11.8. The lowest BCUT2D eigenvalue weighted by molar-refractivity contribution is -0.121. The number of hydrogen-bond acceptors (Lipinski definition) is 3. The van der Waals surface area contributed by atoms with Crippen LogP contribution in [0.3, 0.4) is 0 Å². The van der Waals surface area contributed by atoms with Crippen molar-refractivity contribution in [3.8, 4) is 0 Å². The molecule has 0 aromatic rings. The molecular weight excluding hydrogens is 204 g/mol. The molecule has 0 spiro atoms. The van der Waals surface area contributed by atoms with Gasteiger partial charge in [0.05, 0.1) is 13.2 Å². The van der Waals surface area contributed by atoms with Gasteiger partial charge in [-0.2, -0.15) is 0 Å². The molecule has 0 saturated heterocycles. The van der Waals surface area contributed by atoms with E-state index in [1.807, 2.05) is 13.8 Å². The average molecular weight is 228 g/mol. The predicted octanol–water partition coefficient (Wildman–Crippen LogP) is 1.06. The van der Waals surface area contributed by atoms with Crippen LogP contribution in [-0.2, 0) is 9.53 Å². The van der Waals surface area contributed by atoms with Gasteiger partial charge in [-0.25, -0.2) is 0 Å². The van der Waals surface area contributed by atoms with Crippen LogP contribution in [0.4, 0.5) is 0 Å². The van der Waals surface area contributed by atoms with Crippen molar-refractivity contribution in [2.45, 2.75) is 51.6 Å². The maximum Gasteiger partial charge on any atom is 0.234 e. The van der Waals surface area contributed by atoms with E-state index in [9.17, 15) is 4.79 Å². The van der Waals surface area contributed by atoms with Crippen LogP contribution in [0, 0.1) is 0 Å². The fraction of sp³-hybridized carbons (Fsp3) is 0.917. The minimum atomic E-state index is 0.0686. The van der Waals surface area contributed by atoms with Gasteiger partial charge in [0.1, 0.15) is 0 Å². The van der Waals surface area contributed by atoms with Gasteiger partial charge in [-0.1, -0.05) is 12.8 Å². The Kier molecular flexibility index (Phi) is 6.42. The third kappa shape index (κ3) is 5.47. The molecule has 0 aromatic heterocycles. The first-order valence-corrected chi connectivity index (χ1v) is 6.33. The molecule has 4 heteroatoms. The van der Waals surface area contributed by atoms with Gasteiger partial charge in [-0.3, -0.25) is 4.79 Å². The number of carbonyl (C=O) groups is 1. The van der Waals surface area contributed by atoms with E-state index in [-0.39, 0.29) is 11.9 Å².